The third-order valence-corrected chi connectivity index (χ3v) is 5.87. The molecule has 136 valence electrons. The molecule has 2 rings (SSSR count). The molecule has 2 aromatic rings. The van der Waals surface area contributed by atoms with Crippen LogP contribution in [0.5, 0.6) is 0 Å². The van der Waals surface area contributed by atoms with Crippen LogP contribution in [0.3, 0.4) is 0 Å². The van der Waals surface area contributed by atoms with Crippen LogP contribution in [0.1, 0.15) is 35.7 Å². The number of hydrogen-bond acceptors (Lipinski definition) is 5. The molecule has 8 heteroatoms. The van der Waals surface area contributed by atoms with Crippen molar-refractivity contribution in [3.63, 3.8) is 0 Å². The van der Waals surface area contributed by atoms with Gasteiger partial charge in [-0.05, 0) is 31.2 Å². The predicted molar refractivity (Wildman–Crippen MR) is 93.8 cm³/mol. The van der Waals surface area contributed by atoms with E-state index in [2.05, 4.69) is 10.5 Å². The summed E-state index contributed by atoms with van der Waals surface area (Å²) in [5.41, 5.74) is 1.19. The Bertz CT molecular complexity index is 809. The number of sulfonamides is 1. The van der Waals surface area contributed by atoms with Gasteiger partial charge in [0.2, 0.25) is 10.0 Å². The van der Waals surface area contributed by atoms with Gasteiger partial charge in [-0.15, -0.1) is 0 Å². The minimum absolute atomic E-state index is 0.186. The number of nitrogens with one attached hydrogen (secondary N) is 1. The Kier molecular flexibility index (Phi) is 6.33. The Morgan fingerprint density at radius 3 is 2.36 bits per heavy atom. The van der Waals surface area contributed by atoms with Crippen molar-refractivity contribution in [2.45, 2.75) is 32.1 Å². The van der Waals surface area contributed by atoms with Crippen molar-refractivity contribution in [3.8, 4) is 0 Å². The van der Waals surface area contributed by atoms with E-state index in [0.717, 1.165) is 11.5 Å². The van der Waals surface area contributed by atoms with Crippen LogP contribution >= 0.6 is 0 Å². The molecule has 0 bridgehead atoms. The average molecular weight is 365 g/mol. The molecule has 0 aliphatic carbocycles. The van der Waals surface area contributed by atoms with E-state index in [9.17, 15) is 13.2 Å². The first-order valence-electron chi connectivity index (χ1n) is 8.19. The number of aromatic nitrogens is 1. The summed E-state index contributed by atoms with van der Waals surface area (Å²) in [4.78, 5) is 12.3. The molecule has 0 fully saturated rings. The summed E-state index contributed by atoms with van der Waals surface area (Å²) in [7, 11) is -3.51. The smallest absolute Gasteiger partial charge is 0.251 e. The van der Waals surface area contributed by atoms with E-state index in [1.54, 1.807) is 13.8 Å². The average Bonchev–Trinajstić information content (AvgIpc) is 3.01. The molecule has 0 aliphatic rings. The van der Waals surface area contributed by atoms with Crippen LogP contribution in [0.15, 0.2) is 39.8 Å². The zero-order chi connectivity index (χ0) is 18.4. The van der Waals surface area contributed by atoms with E-state index in [1.807, 2.05) is 13.0 Å². The molecule has 0 atom stereocenters. The lowest BCUT2D eigenvalue weighted by atomic mass is 10.2. The molecule has 0 saturated heterocycles. The minimum atomic E-state index is -3.51. The molecule has 1 aromatic carbocycles. The molecule has 0 aliphatic heterocycles. The van der Waals surface area contributed by atoms with E-state index in [0.29, 0.717) is 31.6 Å². The maximum atomic E-state index is 12.4. The molecule has 0 radical (unpaired) electrons. The molecule has 1 heterocycles. The van der Waals surface area contributed by atoms with Crippen LogP contribution in [0.25, 0.3) is 0 Å². The van der Waals surface area contributed by atoms with Gasteiger partial charge in [0, 0.05) is 37.7 Å². The maximum Gasteiger partial charge on any atom is 0.251 e. The number of nitrogens with zero attached hydrogens (tertiary/aromatic N) is 2. The largest absolute Gasteiger partial charge is 0.361 e. The number of amides is 1. The topological polar surface area (TPSA) is 92.5 Å². The van der Waals surface area contributed by atoms with Crippen LogP contribution in [0.2, 0.25) is 0 Å². The number of benzene rings is 1. The number of carbonyl (C=O) groups excluding carboxylic acids is 1. The van der Waals surface area contributed by atoms with Gasteiger partial charge in [-0.2, -0.15) is 4.31 Å². The van der Waals surface area contributed by atoms with E-state index >= 15 is 0 Å². The lowest BCUT2D eigenvalue weighted by molar-refractivity contribution is 0.0954. The zero-order valence-electron chi connectivity index (χ0n) is 14.7. The first kappa shape index (κ1) is 19.1. The van der Waals surface area contributed by atoms with E-state index < -0.39 is 10.0 Å². The van der Waals surface area contributed by atoms with Crippen molar-refractivity contribution in [2.24, 2.45) is 0 Å². The van der Waals surface area contributed by atoms with Gasteiger partial charge in [0.05, 0.1) is 10.6 Å². The number of carbonyl (C=O) groups is 1. The normalized spacial score (nSPS) is 11.7. The van der Waals surface area contributed by atoms with Crippen molar-refractivity contribution >= 4 is 15.9 Å². The number of hydrogen-bond donors (Lipinski definition) is 1. The van der Waals surface area contributed by atoms with Crippen molar-refractivity contribution in [1.82, 2.24) is 14.8 Å². The highest BCUT2D eigenvalue weighted by atomic mass is 32.2. The second-order valence-corrected chi connectivity index (χ2v) is 7.49. The van der Waals surface area contributed by atoms with Crippen molar-refractivity contribution in [2.75, 3.05) is 19.6 Å². The van der Waals surface area contributed by atoms with Gasteiger partial charge in [0.15, 0.2) is 0 Å². The minimum Gasteiger partial charge on any atom is -0.361 e. The highest BCUT2D eigenvalue weighted by Gasteiger charge is 2.21. The molecule has 0 spiro atoms. The highest BCUT2D eigenvalue weighted by molar-refractivity contribution is 7.89. The highest BCUT2D eigenvalue weighted by Crippen LogP contribution is 2.16. The fraction of sp³-hybridized carbons (Fsp3) is 0.412. The molecule has 1 amide bonds. The van der Waals surface area contributed by atoms with Crippen molar-refractivity contribution in [1.29, 1.82) is 0 Å². The quantitative estimate of drug-likeness (QED) is 0.772. The van der Waals surface area contributed by atoms with E-state index in [-0.39, 0.29) is 10.8 Å². The van der Waals surface area contributed by atoms with E-state index in [1.165, 1.54) is 28.6 Å². The fourth-order valence-corrected chi connectivity index (χ4v) is 3.89. The van der Waals surface area contributed by atoms with Crippen molar-refractivity contribution in [3.05, 3.63) is 47.3 Å². The van der Waals surface area contributed by atoms with Gasteiger partial charge in [0.25, 0.3) is 5.91 Å². The summed E-state index contributed by atoms with van der Waals surface area (Å²) in [6, 6.07) is 7.78. The molecule has 25 heavy (non-hydrogen) atoms. The molecule has 1 aromatic heterocycles. The number of aryl methyl sites for hydroxylation is 1. The summed E-state index contributed by atoms with van der Waals surface area (Å²) < 4.78 is 31.2. The summed E-state index contributed by atoms with van der Waals surface area (Å²) in [5.74, 6) is 0.471. The summed E-state index contributed by atoms with van der Waals surface area (Å²) in [6.45, 7) is 6.62. The number of rotatable bonds is 8. The maximum absolute atomic E-state index is 12.4. The Morgan fingerprint density at radius 1 is 1.20 bits per heavy atom. The second-order valence-electron chi connectivity index (χ2n) is 5.55. The third-order valence-electron chi connectivity index (χ3n) is 3.80. The Hall–Kier alpha value is -2.19. The van der Waals surface area contributed by atoms with Gasteiger partial charge in [0.1, 0.15) is 5.76 Å². The van der Waals surface area contributed by atoms with Crippen LogP contribution in [0.4, 0.5) is 0 Å². The summed E-state index contributed by atoms with van der Waals surface area (Å²) in [6.07, 6.45) is 0.567. The third kappa shape index (κ3) is 4.67. The second kappa shape index (κ2) is 8.26. The molecule has 1 N–H and O–H groups in total. The van der Waals surface area contributed by atoms with Gasteiger partial charge < -0.3 is 9.84 Å². The monoisotopic (exact) mass is 365 g/mol. The lowest BCUT2D eigenvalue weighted by Crippen LogP contribution is -2.30. The van der Waals surface area contributed by atoms with Crippen LogP contribution in [0, 0.1) is 6.92 Å². The Balaban J connectivity index is 1.98. The van der Waals surface area contributed by atoms with Gasteiger partial charge in [-0.1, -0.05) is 19.0 Å². The molecular weight excluding hydrogens is 342 g/mol. The standard InChI is InChI=1S/C17H23N3O4S/c1-4-20(5-2)25(22,23)16-8-6-14(7-9-16)17(21)18-11-10-15-12-13(3)24-19-15/h6-9,12H,4-5,10-11H2,1-3H3,(H,18,21). The van der Waals surface area contributed by atoms with Crippen LogP contribution < -0.4 is 5.32 Å². The molecule has 7 nitrogen and oxygen atoms in total. The van der Waals surface area contributed by atoms with Crippen molar-refractivity contribution < 1.29 is 17.7 Å². The van der Waals surface area contributed by atoms with E-state index in [4.69, 9.17) is 4.52 Å². The summed E-state index contributed by atoms with van der Waals surface area (Å²) in [5, 5.41) is 6.64. The Morgan fingerprint density at radius 2 is 1.84 bits per heavy atom. The van der Waals surface area contributed by atoms with Gasteiger partial charge in [-0.25, -0.2) is 8.42 Å². The zero-order valence-corrected chi connectivity index (χ0v) is 15.5. The van der Waals surface area contributed by atoms with Gasteiger partial charge in [-0.3, -0.25) is 4.79 Å². The first-order chi connectivity index (χ1) is 11.9. The summed E-state index contributed by atoms with van der Waals surface area (Å²) >= 11 is 0. The first-order valence-corrected chi connectivity index (χ1v) is 9.63. The van der Waals surface area contributed by atoms with Crippen LogP contribution in [-0.4, -0.2) is 43.4 Å². The van der Waals surface area contributed by atoms with Gasteiger partial charge >= 0.3 is 0 Å². The molecule has 0 saturated carbocycles. The van der Waals surface area contributed by atoms with Crippen LogP contribution in [-0.2, 0) is 16.4 Å². The lowest BCUT2D eigenvalue weighted by Gasteiger charge is -2.18. The predicted octanol–water partition coefficient (Wildman–Crippen LogP) is 1.99. The molecule has 0 unspecified atom stereocenters. The molecular formula is C17H23N3O4S. The fourth-order valence-electron chi connectivity index (χ4n) is 2.43. The Labute approximate surface area is 148 Å². The SMILES string of the molecule is CCN(CC)S(=O)(=O)c1ccc(C(=O)NCCc2cc(C)on2)cc1.